The lowest BCUT2D eigenvalue weighted by molar-refractivity contribution is -0.384. The number of hydrogen-bond donors (Lipinski definition) is 0. The summed E-state index contributed by atoms with van der Waals surface area (Å²) in [7, 11) is 0. The number of benzene rings is 2. The van der Waals surface area contributed by atoms with Crippen molar-refractivity contribution in [2.45, 2.75) is 27.3 Å². The standard InChI is InChI=1S/C20H21N3O4S/c1-4-27-9-8-22-18-14(3)10-13(2)11-17(18)28-20(22)21-19(24)15-6-5-7-16(12-15)23(25)26/h5-7,10-12H,4,8-9H2,1-3H3. The minimum Gasteiger partial charge on any atom is -0.380 e. The lowest BCUT2D eigenvalue weighted by atomic mass is 10.1. The van der Waals surface area contributed by atoms with Crippen molar-refractivity contribution in [3.63, 3.8) is 0 Å². The van der Waals surface area contributed by atoms with E-state index in [1.54, 1.807) is 0 Å². The van der Waals surface area contributed by atoms with Crippen LogP contribution in [-0.4, -0.2) is 28.6 Å². The summed E-state index contributed by atoms with van der Waals surface area (Å²) in [4.78, 5) is 28.0. The zero-order valence-corrected chi connectivity index (χ0v) is 16.8. The highest BCUT2D eigenvalue weighted by Crippen LogP contribution is 2.23. The molecule has 0 spiro atoms. The Morgan fingerprint density at radius 2 is 2.07 bits per heavy atom. The quantitative estimate of drug-likeness (QED) is 0.356. The van der Waals surface area contributed by atoms with Crippen LogP contribution in [0.1, 0.15) is 28.4 Å². The van der Waals surface area contributed by atoms with Crippen molar-refractivity contribution < 1.29 is 14.5 Å². The molecule has 0 aliphatic heterocycles. The smallest absolute Gasteiger partial charge is 0.279 e. The Morgan fingerprint density at radius 1 is 1.29 bits per heavy atom. The molecule has 7 nitrogen and oxygen atoms in total. The molecule has 0 aliphatic carbocycles. The first-order chi connectivity index (χ1) is 13.4. The third-order valence-electron chi connectivity index (χ3n) is 4.28. The van der Waals surface area contributed by atoms with Crippen LogP contribution in [0.5, 0.6) is 0 Å². The van der Waals surface area contributed by atoms with Crippen molar-refractivity contribution in [2.75, 3.05) is 13.2 Å². The van der Waals surface area contributed by atoms with Crippen LogP contribution < -0.4 is 4.80 Å². The van der Waals surface area contributed by atoms with E-state index in [2.05, 4.69) is 17.1 Å². The van der Waals surface area contributed by atoms with Gasteiger partial charge in [-0.25, -0.2) is 0 Å². The van der Waals surface area contributed by atoms with Gasteiger partial charge in [-0.1, -0.05) is 23.5 Å². The van der Waals surface area contributed by atoms with Gasteiger partial charge < -0.3 is 9.30 Å². The fourth-order valence-corrected chi connectivity index (χ4v) is 4.32. The number of aromatic nitrogens is 1. The zero-order valence-electron chi connectivity index (χ0n) is 16.0. The van der Waals surface area contributed by atoms with Gasteiger partial charge in [0.25, 0.3) is 11.6 Å². The maximum atomic E-state index is 12.7. The van der Waals surface area contributed by atoms with Crippen molar-refractivity contribution >= 4 is 33.1 Å². The van der Waals surface area contributed by atoms with Crippen LogP contribution >= 0.6 is 11.3 Å². The number of rotatable bonds is 6. The molecule has 0 N–H and O–H groups in total. The van der Waals surface area contributed by atoms with Gasteiger partial charge >= 0.3 is 0 Å². The minimum atomic E-state index is -0.523. The largest absolute Gasteiger partial charge is 0.380 e. The topological polar surface area (TPSA) is 86.7 Å². The summed E-state index contributed by atoms with van der Waals surface area (Å²) in [5.41, 5.74) is 3.33. The van der Waals surface area contributed by atoms with E-state index in [4.69, 9.17) is 4.74 Å². The van der Waals surface area contributed by atoms with E-state index in [0.29, 0.717) is 24.6 Å². The van der Waals surface area contributed by atoms with Gasteiger partial charge in [-0.3, -0.25) is 14.9 Å². The van der Waals surface area contributed by atoms with Gasteiger partial charge in [0.05, 0.1) is 21.7 Å². The number of amides is 1. The fraction of sp³-hybridized carbons (Fsp3) is 0.300. The Morgan fingerprint density at radius 3 is 2.79 bits per heavy atom. The van der Waals surface area contributed by atoms with Crippen LogP contribution in [0.4, 0.5) is 5.69 Å². The fourth-order valence-electron chi connectivity index (χ4n) is 3.09. The molecule has 8 heteroatoms. The molecule has 1 heterocycles. The first-order valence-electron chi connectivity index (χ1n) is 8.92. The average Bonchev–Trinajstić information content (AvgIpc) is 2.99. The predicted octanol–water partition coefficient (Wildman–Crippen LogP) is 4.01. The molecular weight excluding hydrogens is 378 g/mol. The summed E-state index contributed by atoms with van der Waals surface area (Å²) in [5, 5.41) is 11.0. The molecular formula is C20H21N3O4S. The SMILES string of the molecule is CCOCCn1c(=NC(=O)c2cccc([N+](=O)[O-])c2)sc2cc(C)cc(C)c21. The molecule has 3 aromatic rings. The van der Waals surface area contributed by atoms with Crippen molar-refractivity contribution in [3.8, 4) is 0 Å². The molecule has 3 rings (SSSR count). The summed E-state index contributed by atoms with van der Waals surface area (Å²) < 4.78 is 8.52. The molecule has 28 heavy (non-hydrogen) atoms. The Hall–Kier alpha value is -2.84. The van der Waals surface area contributed by atoms with Crippen molar-refractivity contribution in [2.24, 2.45) is 4.99 Å². The lowest BCUT2D eigenvalue weighted by Gasteiger charge is -2.08. The number of nitro groups is 1. The molecule has 1 amide bonds. The Bertz CT molecular complexity index is 1110. The average molecular weight is 399 g/mol. The molecule has 146 valence electrons. The van der Waals surface area contributed by atoms with Crippen LogP contribution in [0.2, 0.25) is 0 Å². The second-order valence-corrected chi connectivity index (χ2v) is 7.40. The minimum absolute atomic E-state index is 0.131. The van der Waals surface area contributed by atoms with E-state index < -0.39 is 10.8 Å². The molecule has 0 radical (unpaired) electrons. The van der Waals surface area contributed by atoms with Crippen molar-refractivity contribution in [1.82, 2.24) is 4.57 Å². The van der Waals surface area contributed by atoms with E-state index in [1.807, 2.05) is 25.3 Å². The molecule has 1 aromatic heterocycles. The number of fused-ring (bicyclic) bond motifs is 1. The molecule has 0 fully saturated rings. The van der Waals surface area contributed by atoms with Gasteiger partial charge in [0.1, 0.15) is 0 Å². The van der Waals surface area contributed by atoms with E-state index in [0.717, 1.165) is 21.3 Å². The van der Waals surface area contributed by atoms with E-state index in [9.17, 15) is 14.9 Å². The van der Waals surface area contributed by atoms with Gasteiger partial charge in [0.15, 0.2) is 4.80 Å². The first-order valence-corrected chi connectivity index (χ1v) is 9.74. The second kappa shape index (κ2) is 8.45. The summed E-state index contributed by atoms with van der Waals surface area (Å²) in [6, 6.07) is 9.79. The number of non-ortho nitro benzene ring substituents is 1. The number of hydrogen-bond acceptors (Lipinski definition) is 5. The van der Waals surface area contributed by atoms with Gasteiger partial charge in [-0.05, 0) is 44.0 Å². The van der Waals surface area contributed by atoms with Gasteiger partial charge in [0, 0.05) is 30.8 Å². The number of thiazole rings is 1. The van der Waals surface area contributed by atoms with Crippen LogP contribution in [0, 0.1) is 24.0 Å². The van der Waals surface area contributed by atoms with Gasteiger partial charge in [-0.2, -0.15) is 4.99 Å². The molecule has 0 unspecified atom stereocenters. The summed E-state index contributed by atoms with van der Waals surface area (Å²) in [6.07, 6.45) is 0. The Balaban J connectivity index is 2.11. The maximum Gasteiger partial charge on any atom is 0.279 e. The molecule has 0 aliphatic rings. The van der Waals surface area contributed by atoms with E-state index in [1.165, 1.54) is 35.6 Å². The van der Waals surface area contributed by atoms with Gasteiger partial charge in [-0.15, -0.1) is 0 Å². The molecule has 0 bridgehead atoms. The highest BCUT2D eigenvalue weighted by molar-refractivity contribution is 7.16. The first kappa shape index (κ1) is 19.9. The summed E-state index contributed by atoms with van der Waals surface area (Å²) in [5.74, 6) is -0.505. The van der Waals surface area contributed by atoms with Crippen molar-refractivity contribution in [1.29, 1.82) is 0 Å². The third kappa shape index (κ3) is 4.18. The number of aryl methyl sites for hydroxylation is 2. The highest BCUT2D eigenvalue weighted by Gasteiger charge is 2.14. The van der Waals surface area contributed by atoms with Crippen molar-refractivity contribution in [3.05, 3.63) is 68.0 Å². The Kier molecular flexibility index (Phi) is 6.01. The second-order valence-electron chi connectivity index (χ2n) is 6.39. The molecule has 0 atom stereocenters. The molecule has 0 saturated carbocycles. The maximum absolute atomic E-state index is 12.7. The van der Waals surface area contributed by atoms with Gasteiger partial charge in [0.2, 0.25) is 0 Å². The predicted molar refractivity (Wildman–Crippen MR) is 109 cm³/mol. The molecule has 0 saturated heterocycles. The summed E-state index contributed by atoms with van der Waals surface area (Å²) >= 11 is 1.43. The van der Waals surface area contributed by atoms with Crippen LogP contribution in [-0.2, 0) is 11.3 Å². The van der Waals surface area contributed by atoms with E-state index >= 15 is 0 Å². The highest BCUT2D eigenvalue weighted by atomic mass is 32.1. The number of carbonyl (C=O) groups is 1. The number of ether oxygens (including phenoxy) is 1. The monoisotopic (exact) mass is 399 g/mol. The normalized spacial score (nSPS) is 11.9. The summed E-state index contributed by atoms with van der Waals surface area (Å²) in [6.45, 7) is 7.68. The van der Waals surface area contributed by atoms with E-state index in [-0.39, 0.29) is 11.3 Å². The lowest BCUT2D eigenvalue weighted by Crippen LogP contribution is -2.20. The Labute approximate surface area is 166 Å². The van der Waals surface area contributed by atoms with Crippen LogP contribution in [0.3, 0.4) is 0 Å². The third-order valence-corrected chi connectivity index (χ3v) is 5.30. The molecule has 2 aromatic carbocycles. The number of carbonyl (C=O) groups excluding carboxylic acids is 1. The number of nitro benzene ring substituents is 1. The van der Waals surface area contributed by atoms with Crippen LogP contribution in [0.15, 0.2) is 41.4 Å². The number of nitrogens with zero attached hydrogens (tertiary/aromatic N) is 3. The zero-order chi connectivity index (χ0) is 20.3. The van der Waals surface area contributed by atoms with Crippen LogP contribution in [0.25, 0.3) is 10.2 Å².